The fourth-order valence-corrected chi connectivity index (χ4v) is 4.50. The molecule has 0 aromatic heterocycles. The minimum Gasteiger partial charge on any atom is -0.497 e. The summed E-state index contributed by atoms with van der Waals surface area (Å²) in [5, 5.41) is 2.84. The fraction of sp³-hybridized carbons (Fsp3) is 0.286. The van der Waals surface area contributed by atoms with Crippen molar-refractivity contribution in [1.29, 1.82) is 0 Å². The molecule has 3 aromatic carbocycles. The summed E-state index contributed by atoms with van der Waals surface area (Å²) in [5.74, 6) is -1.10. The lowest BCUT2D eigenvalue weighted by Crippen LogP contribution is -2.36. The van der Waals surface area contributed by atoms with Crippen molar-refractivity contribution in [3.05, 3.63) is 87.7 Å². The normalized spacial score (nSPS) is 13.1. The van der Waals surface area contributed by atoms with Crippen LogP contribution in [0.4, 0.5) is 23.2 Å². The van der Waals surface area contributed by atoms with Gasteiger partial charge in [0.15, 0.2) is 0 Å². The van der Waals surface area contributed by atoms with Crippen molar-refractivity contribution in [2.24, 2.45) is 0 Å². The first-order valence-corrected chi connectivity index (χ1v) is 11.8. The van der Waals surface area contributed by atoms with Gasteiger partial charge in [0.2, 0.25) is 5.91 Å². The number of carbonyl (C=O) groups excluding carboxylic acids is 2. The molecule has 0 saturated heterocycles. The van der Waals surface area contributed by atoms with E-state index in [-0.39, 0.29) is 17.9 Å². The highest BCUT2D eigenvalue weighted by molar-refractivity contribution is 5.96. The van der Waals surface area contributed by atoms with Crippen LogP contribution in [-0.4, -0.2) is 37.5 Å². The zero-order valence-electron chi connectivity index (χ0n) is 21.0. The molecule has 38 heavy (non-hydrogen) atoms. The number of halogens is 4. The lowest BCUT2D eigenvalue weighted by Gasteiger charge is -2.31. The van der Waals surface area contributed by atoms with E-state index in [0.717, 1.165) is 28.8 Å². The molecule has 0 unspecified atom stereocenters. The van der Waals surface area contributed by atoms with Crippen LogP contribution < -0.4 is 14.8 Å². The number of ether oxygens (including phenoxy) is 2. The number of methoxy groups -OCH3 is 2. The molecular formula is C28H26F4N2O4. The van der Waals surface area contributed by atoms with E-state index in [2.05, 4.69) is 5.32 Å². The van der Waals surface area contributed by atoms with Crippen LogP contribution in [0, 0.1) is 12.7 Å². The van der Waals surface area contributed by atoms with Crippen molar-refractivity contribution >= 4 is 17.5 Å². The highest BCUT2D eigenvalue weighted by Gasteiger charge is 2.34. The fourth-order valence-electron chi connectivity index (χ4n) is 4.50. The lowest BCUT2D eigenvalue weighted by atomic mass is 9.94. The summed E-state index contributed by atoms with van der Waals surface area (Å²) in [6.07, 6.45) is -4.62. The van der Waals surface area contributed by atoms with Crippen molar-refractivity contribution in [3.63, 3.8) is 0 Å². The van der Waals surface area contributed by atoms with E-state index >= 15 is 0 Å². The number of benzene rings is 3. The van der Waals surface area contributed by atoms with Crippen LogP contribution in [0.1, 0.15) is 38.2 Å². The van der Waals surface area contributed by atoms with Crippen LogP contribution >= 0.6 is 0 Å². The van der Waals surface area contributed by atoms with Crippen molar-refractivity contribution in [2.45, 2.75) is 32.5 Å². The van der Waals surface area contributed by atoms with Crippen molar-refractivity contribution in [3.8, 4) is 11.5 Å². The van der Waals surface area contributed by atoms with Gasteiger partial charge in [0.05, 0.1) is 26.2 Å². The molecule has 0 aliphatic carbocycles. The summed E-state index contributed by atoms with van der Waals surface area (Å²) < 4.78 is 62.9. The number of hydrogen-bond donors (Lipinski definition) is 1. The Bertz CT molecular complexity index is 1370. The molecule has 200 valence electrons. The second-order valence-corrected chi connectivity index (χ2v) is 9.01. The average molecular weight is 531 g/mol. The Hall–Kier alpha value is -4.08. The minimum absolute atomic E-state index is 0.126. The molecule has 0 atom stereocenters. The van der Waals surface area contributed by atoms with E-state index in [0.29, 0.717) is 48.3 Å². The predicted molar refractivity (Wildman–Crippen MR) is 133 cm³/mol. The van der Waals surface area contributed by atoms with Gasteiger partial charge >= 0.3 is 6.18 Å². The number of aryl methyl sites for hydroxylation is 1. The Balaban J connectivity index is 1.50. The van der Waals surface area contributed by atoms with Crippen LogP contribution in [-0.2, 0) is 30.4 Å². The van der Waals surface area contributed by atoms with Gasteiger partial charge in [-0.15, -0.1) is 0 Å². The quantitative estimate of drug-likeness (QED) is 0.425. The molecule has 0 saturated carbocycles. The molecule has 0 radical (unpaired) electrons. The smallest absolute Gasteiger partial charge is 0.419 e. The molecule has 0 spiro atoms. The summed E-state index contributed by atoms with van der Waals surface area (Å²) in [4.78, 5) is 27.7. The van der Waals surface area contributed by atoms with Crippen LogP contribution in [0.2, 0.25) is 0 Å². The third-order valence-corrected chi connectivity index (χ3v) is 6.46. The van der Waals surface area contributed by atoms with Crippen molar-refractivity contribution in [2.75, 3.05) is 26.1 Å². The van der Waals surface area contributed by atoms with E-state index in [4.69, 9.17) is 9.47 Å². The molecule has 10 heteroatoms. The van der Waals surface area contributed by atoms with Gasteiger partial charge in [-0.2, -0.15) is 13.2 Å². The van der Waals surface area contributed by atoms with Crippen molar-refractivity contribution < 1.29 is 36.6 Å². The van der Waals surface area contributed by atoms with Crippen LogP contribution in [0.15, 0.2) is 48.5 Å². The first-order valence-electron chi connectivity index (χ1n) is 11.8. The van der Waals surface area contributed by atoms with E-state index in [1.807, 2.05) is 19.1 Å². The van der Waals surface area contributed by atoms with Crippen LogP contribution in [0.5, 0.6) is 11.5 Å². The molecule has 6 nitrogen and oxygen atoms in total. The van der Waals surface area contributed by atoms with Crippen molar-refractivity contribution in [1.82, 2.24) is 4.90 Å². The van der Waals surface area contributed by atoms with E-state index in [1.165, 1.54) is 14.2 Å². The van der Waals surface area contributed by atoms with Gasteiger partial charge < -0.3 is 19.7 Å². The van der Waals surface area contributed by atoms with Crippen LogP contribution in [0.25, 0.3) is 0 Å². The topological polar surface area (TPSA) is 67.9 Å². The summed E-state index contributed by atoms with van der Waals surface area (Å²) in [5.41, 5.74) is 2.31. The first kappa shape index (κ1) is 27.0. The third-order valence-electron chi connectivity index (χ3n) is 6.46. The Kier molecular flexibility index (Phi) is 7.61. The molecule has 1 heterocycles. The number of hydrogen-bond acceptors (Lipinski definition) is 4. The third kappa shape index (κ3) is 5.74. The maximum atomic E-state index is 13.9. The monoisotopic (exact) mass is 530 g/mol. The molecule has 0 bridgehead atoms. The minimum atomic E-state index is -4.81. The number of rotatable bonds is 6. The van der Waals surface area contributed by atoms with E-state index < -0.39 is 23.5 Å². The highest BCUT2D eigenvalue weighted by atomic mass is 19.4. The second kappa shape index (κ2) is 10.7. The average Bonchev–Trinajstić information content (AvgIpc) is 2.88. The number of alkyl halides is 3. The maximum Gasteiger partial charge on any atom is 0.419 e. The number of fused-ring (bicyclic) bond motifs is 1. The Morgan fingerprint density at radius 2 is 1.68 bits per heavy atom. The van der Waals surface area contributed by atoms with Gasteiger partial charge in [0.1, 0.15) is 17.3 Å². The molecule has 0 fully saturated rings. The summed E-state index contributed by atoms with van der Waals surface area (Å²) >= 11 is 0. The van der Waals surface area contributed by atoms with Gasteiger partial charge in [0.25, 0.3) is 5.91 Å². The molecule has 1 aliphatic rings. The standard InChI is InChI=1S/C28H26F4N2O4/c1-16-4-6-18-15-34(27(36)19-12-20(37-2)14-21(13-19)38-3)9-8-22(18)26(16)33-25(35)11-17-5-7-23(24(29)10-17)28(30,31)32/h4-7,10,12-14H,8-9,11,15H2,1-3H3,(H,33,35). The Labute approximate surface area is 217 Å². The second-order valence-electron chi connectivity index (χ2n) is 9.01. The predicted octanol–water partition coefficient (Wildman–Crippen LogP) is 5.55. The van der Waals surface area contributed by atoms with Gasteiger partial charge in [0, 0.05) is 30.4 Å². The highest BCUT2D eigenvalue weighted by Crippen LogP contribution is 2.33. The number of anilines is 1. The molecular weight excluding hydrogens is 504 g/mol. The Morgan fingerprint density at radius 1 is 1.00 bits per heavy atom. The summed E-state index contributed by atoms with van der Waals surface area (Å²) in [7, 11) is 3.01. The summed E-state index contributed by atoms with van der Waals surface area (Å²) in [6.45, 7) is 2.55. The first-order chi connectivity index (χ1) is 18.0. The van der Waals surface area contributed by atoms with E-state index in [1.54, 1.807) is 23.1 Å². The number of carbonyl (C=O) groups is 2. The molecule has 1 aliphatic heterocycles. The van der Waals surface area contributed by atoms with Gasteiger partial charge in [-0.05, 0) is 59.9 Å². The summed E-state index contributed by atoms with van der Waals surface area (Å²) in [6, 6.07) is 11.2. The lowest BCUT2D eigenvalue weighted by molar-refractivity contribution is -0.140. The number of amides is 2. The van der Waals surface area contributed by atoms with Gasteiger partial charge in [-0.1, -0.05) is 18.2 Å². The number of nitrogens with zero attached hydrogens (tertiary/aromatic N) is 1. The molecule has 4 rings (SSSR count). The van der Waals surface area contributed by atoms with Crippen LogP contribution in [0.3, 0.4) is 0 Å². The van der Waals surface area contributed by atoms with Gasteiger partial charge in [-0.3, -0.25) is 9.59 Å². The Morgan fingerprint density at radius 3 is 2.29 bits per heavy atom. The zero-order valence-corrected chi connectivity index (χ0v) is 21.0. The van der Waals surface area contributed by atoms with Gasteiger partial charge in [-0.25, -0.2) is 4.39 Å². The molecule has 1 N–H and O–H groups in total. The SMILES string of the molecule is COc1cc(OC)cc(C(=O)N2CCc3c(ccc(C)c3NC(=O)Cc3ccc(C(F)(F)F)c(F)c3)C2)c1. The zero-order chi connectivity index (χ0) is 27.6. The molecule has 2 amide bonds. The maximum absolute atomic E-state index is 13.9. The number of nitrogens with one attached hydrogen (secondary N) is 1. The molecule has 3 aromatic rings. The van der Waals surface area contributed by atoms with E-state index in [9.17, 15) is 27.2 Å². The largest absolute Gasteiger partial charge is 0.497 e.